The SMILES string of the molecule is CC/C=C\C/C=C\C/C=C\C/C=C\C/C=C\C/C=C\C/C=C\C/C=C\C/C=C\CCCC(=O)OC(COC(=O)CCCCCCCCCCCCCCCCCCCCCCCCCCCCC/C=C\C/C=C\CCCCCCC)COP(=O)([O-])OCC[N+](C)(C)C. The van der Waals surface area contributed by atoms with Crippen LogP contribution in [0, 0.1) is 0 Å². The van der Waals surface area contributed by atoms with E-state index >= 15 is 0 Å². The third-order valence-corrected chi connectivity index (χ3v) is 17.1. The fourth-order valence-electron chi connectivity index (χ4n) is 10.4. The van der Waals surface area contributed by atoms with Gasteiger partial charge in [-0.25, -0.2) is 0 Å². The zero-order valence-electron chi connectivity index (χ0n) is 60.2. The summed E-state index contributed by atoms with van der Waals surface area (Å²) < 4.78 is 34.3. The van der Waals surface area contributed by atoms with Gasteiger partial charge in [0.2, 0.25) is 0 Å². The average Bonchev–Trinajstić information content (AvgIpc) is 2.14. The quantitative estimate of drug-likeness (QED) is 0.0195. The van der Waals surface area contributed by atoms with Crippen molar-refractivity contribution < 1.29 is 42.1 Å². The van der Waals surface area contributed by atoms with Crippen LogP contribution >= 0.6 is 7.82 Å². The van der Waals surface area contributed by atoms with E-state index in [0.717, 1.165) is 83.5 Å². The van der Waals surface area contributed by atoms with E-state index in [1.807, 2.05) is 27.2 Å². The molecule has 0 heterocycles. The maximum Gasteiger partial charge on any atom is 0.306 e. The zero-order valence-corrected chi connectivity index (χ0v) is 61.1. The van der Waals surface area contributed by atoms with Crippen molar-refractivity contribution in [3.8, 4) is 0 Å². The predicted octanol–water partition coefficient (Wildman–Crippen LogP) is 24.5. The Bertz CT molecular complexity index is 2020. The van der Waals surface area contributed by atoms with Crippen molar-refractivity contribution in [3.05, 3.63) is 134 Å². The second-order valence-electron chi connectivity index (χ2n) is 26.3. The molecule has 0 aliphatic carbocycles. The van der Waals surface area contributed by atoms with E-state index in [2.05, 4.69) is 141 Å². The van der Waals surface area contributed by atoms with Crippen LogP contribution < -0.4 is 4.89 Å². The highest BCUT2D eigenvalue weighted by Crippen LogP contribution is 2.38. The summed E-state index contributed by atoms with van der Waals surface area (Å²) in [5.74, 6) is -0.901. The minimum absolute atomic E-state index is 0.0472. The first-order valence-corrected chi connectivity index (χ1v) is 39.4. The third-order valence-electron chi connectivity index (χ3n) is 16.2. The highest BCUT2D eigenvalue weighted by Gasteiger charge is 2.22. The number of allylic oxidation sites excluding steroid dienone is 22. The summed E-state index contributed by atoms with van der Waals surface area (Å²) in [6.07, 6.45) is 104. The van der Waals surface area contributed by atoms with Crippen molar-refractivity contribution in [2.24, 2.45) is 0 Å². The summed E-state index contributed by atoms with van der Waals surface area (Å²) in [7, 11) is 1.12. The number of quaternary nitrogens is 1. The Kier molecular flexibility index (Phi) is 68.5. The van der Waals surface area contributed by atoms with Crippen LogP contribution in [0.25, 0.3) is 0 Å². The van der Waals surface area contributed by atoms with Gasteiger partial charge in [0, 0.05) is 12.8 Å². The van der Waals surface area contributed by atoms with E-state index in [9.17, 15) is 19.0 Å². The Morgan fingerprint density at radius 2 is 0.630 bits per heavy atom. The Morgan fingerprint density at radius 3 is 0.957 bits per heavy atom. The Balaban J connectivity index is 4.04. The summed E-state index contributed by atoms with van der Waals surface area (Å²) in [6.45, 7) is 4.07. The smallest absolute Gasteiger partial charge is 0.306 e. The van der Waals surface area contributed by atoms with E-state index in [1.54, 1.807) is 0 Å². The molecule has 0 aromatic carbocycles. The predicted molar refractivity (Wildman–Crippen MR) is 397 cm³/mol. The van der Waals surface area contributed by atoms with E-state index in [4.69, 9.17) is 18.5 Å². The highest BCUT2D eigenvalue weighted by atomic mass is 31.2. The summed E-state index contributed by atoms with van der Waals surface area (Å²) in [4.78, 5) is 38.1. The van der Waals surface area contributed by atoms with Crippen molar-refractivity contribution in [1.29, 1.82) is 0 Å². The number of phosphoric acid groups is 1. The molecule has 0 rings (SSSR count). The van der Waals surface area contributed by atoms with Gasteiger partial charge in [0.05, 0.1) is 27.7 Å². The van der Waals surface area contributed by atoms with Gasteiger partial charge < -0.3 is 27.9 Å². The Labute approximate surface area is 568 Å². The molecule has 0 radical (unpaired) electrons. The number of ether oxygens (including phenoxy) is 2. The van der Waals surface area contributed by atoms with Crippen LogP contribution in [0.3, 0.4) is 0 Å². The van der Waals surface area contributed by atoms with Crippen molar-refractivity contribution in [1.82, 2.24) is 0 Å². The maximum atomic E-state index is 12.8. The lowest BCUT2D eigenvalue weighted by molar-refractivity contribution is -0.870. The molecule has 2 atom stereocenters. The molecule has 0 aliphatic heterocycles. The second kappa shape index (κ2) is 71.4. The standard InChI is InChI=1S/C82H142NO8P/c1-6-8-10-12-14-16-18-20-22-24-26-28-30-32-34-36-37-38-39-40-41-42-43-44-45-47-48-50-52-54-56-58-60-62-64-66-68-70-72-74-81(84)88-78-80(79-90-92(86,87)89-77-76-83(3,4)5)91-82(85)75-73-71-69-67-65-63-61-59-57-55-53-51-49-46-35-33-31-29-27-25-23-21-19-17-15-13-11-9-7-2/h9,11,15,17-18,20-21,23-24,26-27,29,33,35,49,51,55,57,61,63,67,69,80H,6-8,10,12-14,16,19,22,25,28,30-32,34,36-48,50,52-54,56,58-60,62,64-66,68,70-79H2,1-5H3/b11-9-,17-15-,20-18-,23-21-,26-24-,29-27-,35-33-,51-49-,57-55-,63-61-,69-67-. The van der Waals surface area contributed by atoms with Gasteiger partial charge in [0.15, 0.2) is 6.10 Å². The normalized spacial score (nSPS) is 13.8. The number of phosphoric ester groups is 1. The number of likely N-dealkylation sites (N-methyl/N-ethyl adjacent to an activating group) is 1. The summed E-state index contributed by atoms with van der Waals surface area (Å²) >= 11 is 0. The molecule has 0 aromatic rings. The van der Waals surface area contributed by atoms with Crippen LogP contribution in [-0.4, -0.2) is 70.0 Å². The van der Waals surface area contributed by atoms with E-state index in [0.29, 0.717) is 23.9 Å². The summed E-state index contributed by atoms with van der Waals surface area (Å²) in [5.41, 5.74) is 0. The zero-order chi connectivity index (χ0) is 66.9. The van der Waals surface area contributed by atoms with Gasteiger partial charge in [-0.1, -0.05) is 334 Å². The number of hydrogen-bond donors (Lipinski definition) is 0. The van der Waals surface area contributed by atoms with Crippen LogP contribution in [0.15, 0.2) is 134 Å². The van der Waals surface area contributed by atoms with Crippen molar-refractivity contribution in [2.75, 3.05) is 47.5 Å². The number of carbonyl (C=O) groups is 2. The molecule has 0 spiro atoms. The van der Waals surface area contributed by atoms with Gasteiger partial charge in [0.1, 0.15) is 19.8 Å². The number of carbonyl (C=O) groups excluding carboxylic acids is 2. The van der Waals surface area contributed by atoms with Gasteiger partial charge in [-0.3, -0.25) is 14.2 Å². The largest absolute Gasteiger partial charge is 0.756 e. The first-order valence-electron chi connectivity index (χ1n) is 37.9. The molecule has 0 N–H and O–H groups in total. The van der Waals surface area contributed by atoms with E-state index < -0.39 is 32.5 Å². The minimum atomic E-state index is -4.67. The van der Waals surface area contributed by atoms with Gasteiger partial charge in [0.25, 0.3) is 7.82 Å². The molecule has 10 heteroatoms. The molecule has 0 aliphatic rings. The lowest BCUT2D eigenvalue weighted by Gasteiger charge is -2.28. The molecule has 0 saturated heterocycles. The molecule has 92 heavy (non-hydrogen) atoms. The van der Waals surface area contributed by atoms with Gasteiger partial charge in [-0.15, -0.1) is 0 Å². The minimum Gasteiger partial charge on any atom is -0.756 e. The van der Waals surface area contributed by atoms with Crippen molar-refractivity contribution in [2.45, 2.75) is 328 Å². The van der Waals surface area contributed by atoms with Crippen molar-refractivity contribution >= 4 is 19.8 Å². The van der Waals surface area contributed by atoms with Crippen molar-refractivity contribution in [3.63, 3.8) is 0 Å². The number of unbranched alkanes of at least 4 members (excludes halogenated alkanes) is 33. The molecule has 0 aromatic heterocycles. The summed E-state index contributed by atoms with van der Waals surface area (Å²) in [5, 5.41) is 0. The van der Waals surface area contributed by atoms with E-state index in [-0.39, 0.29) is 26.1 Å². The lowest BCUT2D eigenvalue weighted by atomic mass is 10.0. The molecule has 528 valence electrons. The molecular formula is C82H142NO8P. The monoisotopic (exact) mass is 1300 g/mol. The highest BCUT2D eigenvalue weighted by molar-refractivity contribution is 7.45. The second-order valence-corrected chi connectivity index (χ2v) is 27.7. The molecule has 0 bridgehead atoms. The van der Waals surface area contributed by atoms with Crippen LogP contribution in [0.4, 0.5) is 0 Å². The molecule has 0 saturated carbocycles. The molecule has 9 nitrogen and oxygen atoms in total. The Hall–Kier alpha value is -3.85. The number of hydrogen-bond acceptors (Lipinski definition) is 8. The average molecular weight is 1300 g/mol. The maximum absolute atomic E-state index is 12.8. The summed E-state index contributed by atoms with van der Waals surface area (Å²) in [6, 6.07) is 0. The first-order chi connectivity index (χ1) is 45.0. The number of nitrogens with zero attached hydrogens (tertiary/aromatic N) is 1. The fraction of sp³-hybridized carbons (Fsp3) is 0.707. The topological polar surface area (TPSA) is 111 Å². The molecular weight excluding hydrogens is 1160 g/mol. The first kappa shape index (κ1) is 88.2. The van der Waals surface area contributed by atoms with Crippen LogP contribution in [0.2, 0.25) is 0 Å². The van der Waals surface area contributed by atoms with Gasteiger partial charge >= 0.3 is 11.9 Å². The van der Waals surface area contributed by atoms with Crippen LogP contribution in [0.5, 0.6) is 0 Å². The molecule has 0 amide bonds. The Morgan fingerprint density at radius 1 is 0.348 bits per heavy atom. The molecule has 2 unspecified atom stereocenters. The third kappa shape index (κ3) is 75.2. The van der Waals surface area contributed by atoms with Gasteiger partial charge in [-0.2, -0.15) is 0 Å². The van der Waals surface area contributed by atoms with E-state index in [1.165, 1.54) is 199 Å². The number of rotatable bonds is 69. The number of esters is 2. The van der Waals surface area contributed by atoms with Gasteiger partial charge in [-0.05, 0) is 109 Å². The molecule has 0 fully saturated rings. The van der Waals surface area contributed by atoms with Crippen LogP contribution in [-0.2, 0) is 32.7 Å². The lowest BCUT2D eigenvalue weighted by Crippen LogP contribution is -2.37. The fourth-order valence-corrected chi connectivity index (χ4v) is 11.1. The van der Waals surface area contributed by atoms with Crippen LogP contribution in [0.1, 0.15) is 322 Å².